The van der Waals surface area contributed by atoms with Crippen molar-refractivity contribution < 1.29 is 9.59 Å². The van der Waals surface area contributed by atoms with Gasteiger partial charge in [-0.25, -0.2) is 0 Å². The van der Waals surface area contributed by atoms with E-state index in [1.807, 2.05) is 0 Å². The molecule has 0 aliphatic heterocycles. The SMILES string of the molecule is CCCCCCc1cc(CCCCCC)cc(C2(c3cc(CCCCCC)cc(CCCCCC)c3)c3cc4c(cc3-c3sc(C=O)cc32)C(c2cc(CCCCCC)cc(CCCCCC)c2)(c2cc(CCCCCC)cc(CCCCCC)c2)c2cc(C=O)sc2-4)c1. The van der Waals surface area contributed by atoms with Gasteiger partial charge in [0.05, 0.1) is 20.6 Å². The Morgan fingerprint density at radius 2 is 0.447 bits per heavy atom. The average Bonchev–Trinajstić information content (AvgIpc) is 1.50. The molecule has 5 aromatic carbocycles. The van der Waals surface area contributed by atoms with Crippen LogP contribution in [0.2, 0.25) is 0 Å². The summed E-state index contributed by atoms with van der Waals surface area (Å²) in [6.45, 7) is 18.6. The van der Waals surface area contributed by atoms with E-state index >= 15 is 0 Å². The Kier molecular flexibility index (Phi) is 29.2. The van der Waals surface area contributed by atoms with Gasteiger partial charge in [-0.15, -0.1) is 22.7 Å². The fraction of sp³-hybridized carbons (Fsp3) is 0.556. The molecule has 2 aliphatic carbocycles. The van der Waals surface area contributed by atoms with Crippen LogP contribution in [0.1, 0.15) is 369 Å². The summed E-state index contributed by atoms with van der Waals surface area (Å²) >= 11 is 3.46. The summed E-state index contributed by atoms with van der Waals surface area (Å²) in [6.07, 6.45) is 50.0. The van der Waals surface area contributed by atoms with E-state index in [-0.39, 0.29) is 0 Å². The first-order chi connectivity index (χ1) is 46.2. The van der Waals surface area contributed by atoms with E-state index in [0.717, 1.165) is 73.7 Å². The molecule has 0 atom stereocenters. The van der Waals surface area contributed by atoms with Crippen LogP contribution in [0.4, 0.5) is 0 Å². The van der Waals surface area contributed by atoms with Crippen LogP contribution in [-0.2, 0) is 62.2 Å². The van der Waals surface area contributed by atoms with Crippen molar-refractivity contribution in [3.8, 4) is 20.9 Å². The molecule has 0 amide bonds. The molecule has 4 heteroatoms. The predicted octanol–water partition coefficient (Wildman–Crippen LogP) is 27.1. The molecular weight excluding hydrogens is 1180 g/mol. The van der Waals surface area contributed by atoms with E-state index in [4.69, 9.17) is 0 Å². The molecule has 0 spiro atoms. The smallest absolute Gasteiger partial charge is 0.160 e. The molecule has 9 rings (SSSR count). The molecule has 0 bridgehead atoms. The van der Waals surface area contributed by atoms with Gasteiger partial charge in [-0.3, -0.25) is 9.59 Å². The normalized spacial score (nSPS) is 13.4. The van der Waals surface area contributed by atoms with Gasteiger partial charge < -0.3 is 0 Å². The summed E-state index contributed by atoms with van der Waals surface area (Å²) in [5, 5.41) is 0. The van der Waals surface area contributed by atoms with Crippen LogP contribution in [0.25, 0.3) is 20.9 Å². The first-order valence-corrected chi connectivity index (χ1v) is 40.7. The highest BCUT2D eigenvalue weighted by atomic mass is 32.1. The molecule has 7 aromatic rings. The van der Waals surface area contributed by atoms with Crippen molar-refractivity contribution in [2.45, 2.75) is 323 Å². The summed E-state index contributed by atoms with van der Waals surface area (Å²) in [5.41, 5.74) is 23.4. The van der Waals surface area contributed by atoms with E-state index < -0.39 is 10.8 Å². The Labute approximate surface area is 580 Å². The number of fused-ring (bicyclic) bond motifs is 6. The number of carbonyl (C=O) groups is 2. The Morgan fingerprint density at radius 3 is 0.628 bits per heavy atom. The minimum absolute atomic E-state index is 0.711. The number of hydrogen-bond donors (Lipinski definition) is 0. The quantitative estimate of drug-likeness (QED) is 0.0281. The average molecular weight is 1300 g/mol. The van der Waals surface area contributed by atoms with Crippen LogP contribution in [0, 0.1) is 0 Å². The van der Waals surface area contributed by atoms with Gasteiger partial charge in [0.25, 0.3) is 0 Å². The zero-order chi connectivity index (χ0) is 66.1. The van der Waals surface area contributed by atoms with Gasteiger partial charge in [0.15, 0.2) is 12.6 Å². The Bertz CT molecular complexity index is 2990. The molecule has 0 fully saturated rings. The lowest BCUT2D eigenvalue weighted by atomic mass is 9.64. The van der Waals surface area contributed by atoms with Crippen molar-refractivity contribution in [2.24, 2.45) is 0 Å². The van der Waals surface area contributed by atoms with Crippen LogP contribution in [0.15, 0.2) is 97.1 Å². The second kappa shape index (κ2) is 37.5. The summed E-state index contributed by atoms with van der Waals surface area (Å²) in [7, 11) is 0. The molecule has 0 saturated heterocycles. The second-order valence-corrected chi connectivity index (χ2v) is 31.3. The predicted molar refractivity (Wildman–Crippen MR) is 410 cm³/mol. The zero-order valence-electron chi connectivity index (χ0n) is 60.3. The number of benzene rings is 5. The number of aldehydes is 2. The van der Waals surface area contributed by atoms with Crippen LogP contribution in [-0.4, -0.2) is 12.6 Å². The summed E-state index contributed by atoms with van der Waals surface area (Å²) < 4.78 is 0. The minimum Gasteiger partial charge on any atom is -0.297 e. The third-order valence-electron chi connectivity index (χ3n) is 21.5. The molecule has 2 aliphatic rings. The molecule has 94 heavy (non-hydrogen) atoms. The second-order valence-electron chi connectivity index (χ2n) is 29.1. The largest absolute Gasteiger partial charge is 0.297 e. The summed E-state index contributed by atoms with van der Waals surface area (Å²) in [5.74, 6) is 0. The van der Waals surface area contributed by atoms with E-state index in [9.17, 15) is 9.59 Å². The molecule has 2 nitrogen and oxygen atoms in total. The summed E-state index contributed by atoms with van der Waals surface area (Å²) in [4.78, 5) is 31.7. The summed E-state index contributed by atoms with van der Waals surface area (Å²) in [6, 6.07) is 41.6. The van der Waals surface area contributed by atoms with Crippen LogP contribution in [0.5, 0.6) is 0 Å². The van der Waals surface area contributed by atoms with Crippen molar-refractivity contribution in [1.82, 2.24) is 0 Å². The fourth-order valence-electron chi connectivity index (χ4n) is 16.5. The Hall–Kier alpha value is -5.16. The van der Waals surface area contributed by atoms with Crippen LogP contribution >= 0.6 is 22.7 Å². The lowest BCUT2D eigenvalue weighted by molar-refractivity contribution is 0.111. The van der Waals surface area contributed by atoms with E-state index in [1.54, 1.807) is 22.7 Å². The highest BCUT2D eigenvalue weighted by molar-refractivity contribution is 7.18. The lowest BCUT2D eigenvalue weighted by Gasteiger charge is -2.37. The molecule has 2 aromatic heterocycles. The number of unbranched alkanes of at least 4 members (excludes halogenated alkanes) is 24. The topological polar surface area (TPSA) is 34.1 Å². The van der Waals surface area contributed by atoms with Crippen molar-refractivity contribution in [1.29, 1.82) is 0 Å². The lowest BCUT2D eigenvalue weighted by Crippen LogP contribution is -2.31. The van der Waals surface area contributed by atoms with Gasteiger partial charge in [0, 0.05) is 9.75 Å². The van der Waals surface area contributed by atoms with Gasteiger partial charge in [0.2, 0.25) is 0 Å². The third-order valence-corrected chi connectivity index (χ3v) is 23.7. The number of thiophene rings is 2. The minimum atomic E-state index is -0.711. The van der Waals surface area contributed by atoms with Crippen molar-refractivity contribution >= 4 is 35.2 Å². The third kappa shape index (κ3) is 17.6. The first kappa shape index (κ1) is 73.1. The van der Waals surface area contributed by atoms with Gasteiger partial charge in [-0.2, -0.15) is 0 Å². The highest BCUT2D eigenvalue weighted by Gasteiger charge is 2.53. The molecule has 0 unspecified atom stereocenters. The molecule has 506 valence electrons. The maximum atomic E-state index is 13.8. The highest BCUT2D eigenvalue weighted by Crippen LogP contribution is 2.65. The number of rotatable bonds is 46. The Morgan fingerprint density at radius 1 is 0.245 bits per heavy atom. The maximum absolute atomic E-state index is 13.8. The number of hydrogen-bond acceptors (Lipinski definition) is 4. The van der Waals surface area contributed by atoms with E-state index in [1.165, 1.54) is 315 Å². The molecule has 2 heterocycles. The number of aryl methyl sites for hydroxylation is 8. The van der Waals surface area contributed by atoms with E-state index in [0.29, 0.717) is 0 Å². The maximum Gasteiger partial charge on any atom is 0.160 e. The monoisotopic (exact) mass is 1300 g/mol. The Balaban J connectivity index is 1.42. The molecule has 0 radical (unpaired) electrons. The molecule has 0 saturated carbocycles. The zero-order valence-corrected chi connectivity index (χ0v) is 61.9. The van der Waals surface area contributed by atoms with Crippen LogP contribution in [0.3, 0.4) is 0 Å². The van der Waals surface area contributed by atoms with Crippen molar-refractivity contribution in [3.05, 3.63) is 196 Å². The van der Waals surface area contributed by atoms with Crippen LogP contribution < -0.4 is 0 Å². The van der Waals surface area contributed by atoms with Gasteiger partial charge in [-0.05, 0) is 227 Å². The van der Waals surface area contributed by atoms with Crippen molar-refractivity contribution in [2.75, 3.05) is 0 Å². The fourth-order valence-corrected chi connectivity index (χ4v) is 18.6. The first-order valence-electron chi connectivity index (χ1n) is 39.1. The van der Waals surface area contributed by atoms with Gasteiger partial charge in [0.1, 0.15) is 0 Å². The standard InChI is InChI=1S/C90H122O2S2/c1-9-17-25-33-41-67-49-68(42-34-26-18-10-2)54-75(53-67)89(76-55-69(43-35-27-19-11-3)50-70(56-76)44-36-28-20-12-4)83-63-82-84(64-81(83)87-85(89)61-79(65-91)93-87)90(86-62-80(66-92)94-88(82)86,77-57-71(45-37-29-21-13-5)51-72(58-77)46-38-30-22-14-6)78-59-73(47-39-31-23-15-7)52-74(60-78)48-40-32-24-16-8/h49-66H,9-48H2,1-8H3. The van der Waals surface area contributed by atoms with Crippen molar-refractivity contribution in [3.63, 3.8) is 0 Å². The molecule has 0 N–H and O–H groups in total. The van der Waals surface area contributed by atoms with Gasteiger partial charge >= 0.3 is 0 Å². The molecular formula is C90H122O2S2. The van der Waals surface area contributed by atoms with Gasteiger partial charge in [-0.1, -0.05) is 282 Å². The number of carbonyl (C=O) groups excluding carboxylic acids is 2. The van der Waals surface area contributed by atoms with E-state index in [2.05, 4.69) is 152 Å².